The Morgan fingerprint density at radius 1 is 1.10 bits per heavy atom. The van der Waals surface area contributed by atoms with Crippen molar-refractivity contribution in [3.05, 3.63) is 35.0 Å². The van der Waals surface area contributed by atoms with E-state index in [9.17, 15) is 4.79 Å². The maximum absolute atomic E-state index is 12.5. The van der Waals surface area contributed by atoms with Crippen LogP contribution in [0.1, 0.15) is 0 Å². The van der Waals surface area contributed by atoms with Crippen LogP contribution in [0.2, 0.25) is 0 Å². The molecular formula is C19H27N2O5PS2. The summed E-state index contributed by atoms with van der Waals surface area (Å²) in [6.07, 6.45) is 0. The van der Waals surface area contributed by atoms with Crippen LogP contribution in [0.25, 0.3) is 0 Å². The standard InChI is InChI=1S/C15H18NO4PS2.C4H9NO/c1-18-11-2-4-12(5-3-11)20-15(17)14-13(10-22-23-14)21-16-6-8-19-9-7-16;1-3-6-4-2-5-1/h2-5,10,14,21H,6-9H2,1H3;5H,1-4H2. The Labute approximate surface area is 181 Å². The Kier molecular flexibility index (Phi) is 10.1. The lowest BCUT2D eigenvalue weighted by Crippen LogP contribution is -2.31. The minimum absolute atomic E-state index is 0.211. The lowest BCUT2D eigenvalue weighted by molar-refractivity contribution is -0.132. The van der Waals surface area contributed by atoms with E-state index in [1.165, 1.54) is 0 Å². The number of morpholine rings is 2. The molecule has 0 bridgehead atoms. The quantitative estimate of drug-likeness (QED) is 0.310. The van der Waals surface area contributed by atoms with Gasteiger partial charge in [-0.2, -0.15) is 0 Å². The van der Waals surface area contributed by atoms with E-state index in [-0.39, 0.29) is 11.2 Å². The lowest BCUT2D eigenvalue weighted by Gasteiger charge is -2.27. The monoisotopic (exact) mass is 458 g/mol. The van der Waals surface area contributed by atoms with E-state index >= 15 is 0 Å². The molecule has 0 aliphatic carbocycles. The van der Waals surface area contributed by atoms with Crippen LogP contribution in [0.5, 0.6) is 11.5 Å². The molecule has 0 amide bonds. The van der Waals surface area contributed by atoms with Crippen LogP contribution in [-0.2, 0) is 14.3 Å². The van der Waals surface area contributed by atoms with Crippen LogP contribution in [-0.4, -0.2) is 75.6 Å². The fourth-order valence-corrected chi connectivity index (χ4v) is 7.08. The van der Waals surface area contributed by atoms with Gasteiger partial charge in [-0.15, -0.1) is 0 Å². The average Bonchev–Trinajstić information content (AvgIpc) is 3.25. The number of carbonyl (C=O) groups excluding carboxylic acids is 1. The highest BCUT2D eigenvalue weighted by Gasteiger charge is 2.31. The summed E-state index contributed by atoms with van der Waals surface area (Å²) < 4.78 is 23.3. The molecule has 1 aromatic carbocycles. The fourth-order valence-electron chi connectivity index (χ4n) is 2.69. The van der Waals surface area contributed by atoms with Gasteiger partial charge in [0.05, 0.1) is 33.5 Å². The zero-order valence-corrected chi connectivity index (χ0v) is 19.1. The van der Waals surface area contributed by atoms with Gasteiger partial charge in [0, 0.05) is 26.2 Å². The molecule has 2 saturated heterocycles. The first-order chi connectivity index (χ1) is 14.3. The van der Waals surface area contributed by atoms with Crippen LogP contribution in [0.3, 0.4) is 0 Å². The number of nitrogens with zero attached hydrogens (tertiary/aromatic N) is 1. The Bertz CT molecular complexity index is 656. The number of benzene rings is 1. The first-order valence-electron chi connectivity index (χ1n) is 9.52. The first-order valence-corrected chi connectivity index (χ1v) is 12.7. The lowest BCUT2D eigenvalue weighted by atomic mass is 10.3. The number of ether oxygens (including phenoxy) is 4. The van der Waals surface area contributed by atoms with Crippen molar-refractivity contribution in [3.8, 4) is 11.5 Å². The average molecular weight is 459 g/mol. The van der Waals surface area contributed by atoms with Gasteiger partial charge in [-0.3, -0.25) is 9.46 Å². The molecule has 7 nitrogen and oxygen atoms in total. The number of rotatable bonds is 5. The highest BCUT2D eigenvalue weighted by Crippen LogP contribution is 2.49. The van der Waals surface area contributed by atoms with E-state index < -0.39 is 0 Å². The van der Waals surface area contributed by atoms with Crippen LogP contribution >= 0.6 is 30.3 Å². The third-order valence-corrected chi connectivity index (χ3v) is 8.42. The number of esters is 1. The summed E-state index contributed by atoms with van der Waals surface area (Å²) in [6, 6.07) is 7.06. The van der Waals surface area contributed by atoms with E-state index in [1.807, 2.05) is 0 Å². The second-order valence-electron chi connectivity index (χ2n) is 6.32. The maximum Gasteiger partial charge on any atom is 0.330 e. The van der Waals surface area contributed by atoms with Crippen molar-refractivity contribution in [1.29, 1.82) is 0 Å². The van der Waals surface area contributed by atoms with E-state index in [4.69, 9.17) is 18.9 Å². The summed E-state index contributed by atoms with van der Waals surface area (Å²) >= 11 is 0. The highest BCUT2D eigenvalue weighted by molar-refractivity contribution is 8.78. The van der Waals surface area contributed by atoms with Crippen LogP contribution in [0.4, 0.5) is 0 Å². The summed E-state index contributed by atoms with van der Waals surface area (Å²) in [4.78, 5) is 12.5. The molecule has 1 N–H and O–H groups in total. The van der Waals surface area contributed by atoms with Gasteiger partial charge in [-0.05, 0) is 43.7 Å². The Morgan fingerprint density at radius 3 is 2.34 bits per heavy atom. The van der Waals surface area contributed by atoms with Crippen LogP contribution in [0.15, 0.2) is 35.0 Å². The SMILES string of the molecule is C1COCCN1.COc1ccc(OC(=O)C2SSC=C2PN2CCOCC2)cc1. The Balaban J connectivity index is 0.000000343. The molecule has 3 aliphatic rings. The molecule has 4 rings (SSSR count). The molecule has 0 aromatic heterocycles. The Morgan fingerprint density at radius 2 is 1.76 bits per heavy atom. The van der Waals surface area contributed by atoms with Crippen molar-refractivity contribution >= 4 is 36.3 Å². The van der Waals surface area contributed by atoms with Gasteiger partial charge in [0.1, 0.15) is 16.7 Å². The van der Waals surface area contributed by atoms with Crippen molar-refractivity contribution in [1.82, 2.24) is 9.99 Å². The van der Waals surface area contributed by atoms with Crippen molar-refractivity contribution in [3.63, 3.8) is 0 Å². The molecule has 1 aromatic rings. The third kappa shape index (κ3) is 7.75. The number of methoxy groups -OCH3 is 1. The highest BCUT2D eigenvalue weighted by atomic mass is 33.1. The third-order valence-electron chi connectivity index (χ3n) is 4.25. The van der Waals surface area contributed by atoms with E-state index in [2.05, 4.69) is 15.4 Å². The molecule has 0 radical (unpaired) electrons. The molecule has 160 valence electrons. The largest absolute Gasteiger partial charge is 0.497 e. The fraction of sp³-hybridized carbons (Fsp3) is 0.526. The molecule has 2 fully saturated rings. The minimum Gasteiger partial charge on any atom is -0.497 e. The van der Waals surface area contributed by atoms with Crippen molar-refractivity contribution in [2.45, 2.75) is 5.25 Å². The molecule has 3 heterocycles. The summed E-state index contributed by atoms with van der Waals surface area (Å²) in [5, 5.41) is 6.15. The topological polar surface area (TPSA) is 69.3 Å². The van der Waals surface area contributed by atoms with Gasteiger partial charge in [-0.1, -0.05) is 21.6 Å². The van der Waals surface area contributed by atoms with Gasteiger partial charge >= 0.3 is 5.97 Å². The molecule has 0 spiro atoms. The van der Waals surface area contributed by atoms with Crippen molar-refractivity contribution < 1.29 is 23.7 Å². The summed E-state index contributed by atoms with van der Waals surface area (Å²) in [7, 11) is 5.28. The maximum atomic E-state index is 12.5. The second kappa shape index (κ2) is 12.8. The second-order valence-corrected chi connectivity index (χ2v) is 10.00. The van der Waals surface area contributed by atoms with Gasteiger partial charge in [0.2, 0.25) is 0 Å². The van der Waals surface area contributed by atoms with Crippen molar-refractivity contribution in [2.75, 3.05) is 59.7 Å². The van der Waals surface area contributed by atoms with Gasteiger partial charge in [0.25, 0.3) is 0 Å². The zero-order valence-electron chi connectivity index (χ0n) is 16.4. The minimum atomic E-state index is -0.233. The number of hydrogen-bond acceptors (Lipinski definition) is 9. The van der Waals surface area contributed by atoms with Gasteiger partial charge < -0.3 is 24.3 Å². The Hall–Kier alpha value is -0.800. The normalized spacial score (nSPS) is 22.7. The number of hydrogen-bond donors (Lipinski definition) is 1. The molecule has 2 atom stereocenters. The van der Waals surface area contributed by atoms with Gasteiger partial charge in [0.15, 0.2) is 0 Å². The summed E-state index contributed by atoms with van der Waals surface area (Å²) in [6.45, 7) is 7.21. The molecule has 0 saturated carbocycles. The summed E-state index contributed by atoms with van der Waals surface area (Å²) in [5.74, 6) is 1.07. The predicted molar refractivity (Wildman–Crippen MR) is 120 cm³/mol. The molecule has 2 unspecified atom stereocenters. The van der Waals surface area contributed by atoms with Crippen LogP contribution < -0.4 is 14.8 Å². The predicted octanol–water partition coefficient (Wildman–Crippen LogP) is 2.74. The molecular weight excluding hydrogens is 431 g/mol. The molecule has 10 heteroatoms. The van der Waals surface area contributed by atoms with E-state index in [0.717, 1.165) is 63.7 Å². The summed E-state index contributed by atoms with van der Waals surface area (Å²) in [5.41, 5.74) is 0. The van der Waals surface area contributed by atoms with Crippen LogP contribution in [0, 0.1) is 0 Å². The zero-order chi connectivity index (χ0) is 20.3. The van der Waals surface area contributed by atoms with Crippen molar-refractivity contribution in [2.24, 2.45) is 0 Å². The molecule has 3 aliphatic heterocycles. The molecule has 29 heavy (non-hydrogen) atoms. The smallest absolute Gasteiger partial charge is 0.330 e. The number of carbonyl (C=O) groups is 1. The first kappa shape index (κ1) is 22.9. The van der Waals surface area contributed by atoms with E-state index in [1.54, 1.807) is 53.0 Å². The number of nitrogens with one attached hydrogen (secondary N) is 1. The van der Waals surface area contributed by atoms with E-state index in [0.29, 0.717) is 14.5 Å². The van der Waals surface area contributed by atoms with Gasteiger partial charge in [-0.25, -0.2) is 0 Å².